The summed E-state index contributed by atoms with van der Waals surface area (Å²) < 4.78 is 1.55. The minimum absolute atomic E-state index is 0.0144. The van der Waals surface area contributed by atoms with Gasteiger partial charge in [-0.15, -0.1) is 0 Å². The van der Waals surface area contributed by atoms with Crippen LogP contribution in [-0.4, -0.2) is 31.6 Å². The van der Waals surface area contributed by atoms with E-state index in [0.717, 1.165) is 16.8 Å². The lowest BCUT2D eigenvalue weighted by Crippen LogP contribution is -2.22. The van der Waals surface area contributed by atoms with E-state index in [1.807, 2.05) is 24.3 Å². The van der Waals surface area contributed by atoms with Gasteiger partial charge in [0.1, 0.15) is 0 Å². The Balaban J connectivity index is 2.50. The van der Waals surface area contributed by atoms with Crippen LogP contribution in [0.5, 0.6) is 0 Å². The van der Waals surface area contributed by atoms with Crippen LogP contribution in [0.1, 0.15) is 29.9 Å². The highest BCUT2D eigenvalue weighted by Gasteiger charge is 2.19. The van der Waals surface area contributed by atoms with Gasteiger partial charge in [0.15, 0.2) is 5.69 Å². The molecular formula is C15H18N2O3. The molecule has 1 aromatic heterocycles. The summed E-state index contributed by atoms with van der Waals surface area (Å²) in [5.41, 5.74) is 1.75. The van der Waals surface area contributed by atoms with Gasteiger partial charge in [-0.05, 0) is 25.5 Å². The Hall–Kier alpha value is -2.14. The minimum Gasteiger partial charge on any atom is -0.476 e. The number of carboxylic acids is 1. The first-order valence-corrected chi connectivity index (χ1v) is 6.36. The Morgan fingerprint density at radius 2 is 2.00 bits per heavy atom. The molecule has 0 saturated heterocycles. The Morgan fingerprint density at radius 3 is 2.55 bits per heavy atom. The summed E-state index contributed by atoms with van der Waals surface area (Å²) in [7, 11) is 1.71. The quantitative estimate of drug-likeness (QED) is 0.895. The molecule has 0 amide bonds. The van der Waals surface area contributed by atoms with Gasteiger partial charge in [-0.2, -0.15) is 5.10 Å². The number of aromatic nitrogens is 2. The molecule has 0 bridgehead atoms. The van der Waals surface area contributed by atoms with Crippen molar-refractivity contribution in [2.75, 3.05) is 0 Å². The Labute approximate surface area is 117 Å². The SMILES string of the molecule is Cn1nc(C(=O)O)cc1-c1ccccc1CC(C)(C)O. The molecule has 0 spiro atoms. The Bertz CT molecular complexity index is 639. The van der Waals surface area contributed by atoms with Crippen LogP contribution in [0, 0.1) is 0 Å². The average molecular weight is 274 g/mol. The molecule has 0 aliphatic carbocycles. The first kappa shape index (κ1) is 14.3. The molecule has 0 atom stereocenters. The third-order valence-corrected chi connectivity index (χ3v) is 3.02. The van der Waals surface area contributed by atoms with Crippen molar-refractivity contribution in [3.63, 3.8) is 0 Å². The molecule has 0 fully saturated rings. The molecule has 5 heteroatoms. The van der Waals surface area contributed by atoms with E-state index in [4.69, 9.17) is 5.11 Å². The van der Waals surface area contributed by atoms with Gasteiger partial charge >= 0.3 is 5.97 Å². The van der Waals surface area contributed by atoms with Crippen LogP contribution in [0.4, 0.5) is 0 Å². The van der Waals surface area contributed by atoms with Crippen molar-refractivity contribution in [2.45, 2.75) is 25.9 Å². The number of benzene rings is 1. The van der Waals surface area contributed by atoms with Gasteiger partial charge in [-0.1, -0.05) is 24.3 Å². The van der Waals surface area contributed by atoms with Crippen molar-refractivity contribution >= 4 is 5.97 Å². The molecule has 1 heterocycles. The smallest absolute Gasteiger partial charge is 0.356 e. The summed E-state index contributed by atoms with van der Waals surface area (Å²) in [6.45, 7) is 3.49. The minimum atomic E-state index is -1.05. The van der Waals surface area contributed by atoms with E-state index in [0.29, 0.717) is 6.42 Å². The third-order valence-electron chi connectivity index (χ3n) is 3.02. The fraction of sp³-hybridized carbons (Fsp3) is 0.333. The monoisotopic (exact) mass is 274 g/mol. The van der Waals surface area contributed by atoms with Gasteiger partial charge in [-0.25, -0.2) is 4.79 Å². The molecule has 0 aliphatic rings. The van der Waals surface area contributed by atoms with E-state index in [1.54, 1.807) is 31.6 Å². The maximum absolute atomic E-state index is 11.0. The highest BCUT2D eigenvalue weighted by atomic mass is 16.4. The van der Waals surface area contributed by atoms with Crippen molar-refractivity contribution in [1.29, 1.82) is 0 Å². The fourth-order valence-corrected chi connectivity index (χ4v) is 2.21. The van der Waals surface area contributed by atoms with Crippen LogP contribution >= 0.6 is 0 Å². The Kier molecular flexibility index (Phi) is 3.63. The van der Waals surface area contributed by atoms with Gasteiger partial charge < -0.3 is 10.2 Å². The van der Waals surface area contributed by atoms with Crippen molar-refractivity contribution in [2.24, 2.45) is 7.05 Å². The largest absolute Gasteiger partial charge is 0.476 e. The number of carboxylic acid groups (broad SMARTS) is 1. The molecule has 5 nitrogen and oxygen atoms in total. The van der Waals surface area contributed by atoms with Crippen LogP contribution in [-0.2, 0) is 13.5 Å². The van der Waals surface area contributed by atoms with Crippen molar-refractivity contribution in [3.8, 4) is 11.3 Å². The standard InChI is InChI=1S/C15H18N2O3/c1-15(2,20)9-10-6-4-5-7-11(10)13-8-12(14(18)19)16-17(13)3/h4-8,20H,9H2,1-3H3,(H,18,19). The number of hydrogen-bond donors (Lipinski definition) is 2. The lowest BCUT2D eigenvalue weighted by molar-refractivity contribution is 0.0689. The van der Waals surface area contributed by atoms with E-state index >= 15 is 0 Å². The second kappa shape index (κ2) is 5.09. The summed E-state index contributed by atoms with van der Waals surface area (Å²) in [6, 6.07) is 9.17. The van der Waals surface area contributed by atoms with E-state index in [9.17, 15) is 9.90 Å². The maximum Gasteiger partial charge on any atom is 0.356 e. The fourth-order valence-electron chi connectivity index (χ4n) is 2.21. The van der Waals surface area contributed by atoms with Crippen LogP contribution in [0.3, 0.4) is 0 Å². The molecule has 0 aliphatic heterocycles. The average Bonchev–Trinajstić information content (AvgIpc) is 2.70. The van der Waals surface area contributed by atoms with Crippen molar-refractivity contribution < 1.29 is 15.0 Å². The van der Waals surface area contributed by atoms with Crippen LogP contribution < -0.4 is 0 Å². The molecule has 0 unspecified atom stereocenters. The molecular weight excluding hydrogens is 256 g/mol. The molecule has 2 rings (SSSR count). The molecule has 106 valence electrons. The summed E-state index contributed by atoms with van der Waals surface area (Å²) in [5.74, 6) is -1.05. The van der Waals surface area contributed by atoms with Crippen LogP contribution in [0.2, 0.25) is 0 Å². The molecule has 0 saturated carbocycles. The van der Waals surface area contributed by atoms with Crippen molar-refractivity contribution in [1.82, 2.24) is 9.78 Å². The van der Waals surface area contributed by atoms with E-state index < -0.39 is 11.6 Å². The summed E-state index contributed by atoms with van der Waals surface area (Å²) >= 11 is 0. The Morgan fingerprint density at radius 1 is 1.35 bits per heavy atom. The predicted octanol–water partition coefficient (Wildman–Crippen LogP) is 2.10. The summed E-state index contributed by atoms with van der Waals surface area (Å²) in [4.78, 5) is 11.0. The zero-order valence-corrected chi connectivity index (χ0v) is 11.8. The third kappa shape index (κ3) is 3.05. The predicted molar refractivity (Wildman–Crippen MR) is 75.6 cm³/mol. The number of hydrogen-bond acceptors (Lipinski definition) is 3. The summed E-state index contributed by atoms with van der Waals surface area (Å²) in [6.07, 6.45) is 0.483. The van der Waals surface area contributed by atoms with E-state index in [1.165, 1.54) is 0 Å². The molecule has 2 N–H and O–H groups in total. The van der Waals surface area contributed by atoms with Gasteiger partial charge in [0.25, 0.3) is 0 Å². The zero-order valence-electron chi connectivity index (χ0n) is 11.8. The number of rotatable bonds is 4. The van der Waals surface area contributed by atoms with Gasteiger partial charge in [-0.3, -0.25) is 4.68 Å². The van der Waals surface area contributed by atoms with Crippen LogP contribution in [0.25, 0.3) is 11.3 Å². The number of nitrogens with zero attached hydrogens (tertiary/aromatic N) is 2. The van der Waals surface area contributed by atoms with Gasteiger partial charge in [0, 0.05) is 19.0 Å². The highest BCUT2D eigenvalue weighted by molar-refractivity contribution is 5.87. The number of aryl methyl sites for hydroxylation is 1. The van der Waals surface area contributed by atoms with Crippen LogP contribution in [0.15, 0.2) is 30.3 Å². The molecule has 2 aromatic rings. The number of aliphatic hydroxyl groups is 1. The van der Waals surface area contributed by atoms with E-state index in [2.05, 4.69) is 5.10 Å². The first-order valence-electron chi connectivity index (χ1n) is 6.36. The van der Waals surface area contributed by atoms with Gasteiger partial charge in [0.05, 0.1) is 11.3 Å². The van der Waals surface area contributed by atoms with Crippen molar-refractivity contribution in [3.05, 3.63) is 41.6 Å². The zero-order chi connectivity index (χ0) is 14.9. The second-order valence-electron chi connectivity index (χ2n) is 5.49. The first-order chi connectivity index (χ1) is 9.28. The lowest BCUT2D eigenvalue weighted by atomic mass is 9.93. The highest BCUT2D eigenvalue weighted by Crippen LogP contribution is 2.27. The second-order valence-corrected chi connectivity index (χ2v) is 5.49. The summed E-state index contributed by atoms with van der Waals surface area (Å²) in [5, 5.41) is 23.0. The lowest BCUT2D eigenvalue weighted by Gasteiger charge is -2.19. The molecule has 1 aromatic carbocycles. The number of aromatic carboxylic acids is 1. The number of carbonyl (C=O) groups is 1. The normalized spacial score (nSPS) is 11.6. The van der Waals surface area contributed by atoms with E-state index in [-0.39, 0.29) is 5.69 Å². The van der Waals surface area contributed by atoms with Gasteiger partial charge in [0.2, 0.25) is 0 Å². The topological polar surface area (TPSA) is 75.4 Å². The molecule has 0 radical (unpaired) electrons. The maximum atomic E-state index is 11.0. The molecule has 20 heavy (non-hydrogen) atoms.